The zero-order valence-electron chi connectivity index (χ0n) is 14.6. The molecule has 8 heteroatoms. The van der Waals surface area contributed by atoms with E-state index in [9.17, 15) is 8.42 Å². The summed E-state index contributed by atoms with van der Waals surface area (Å²) in [6.45, 7) is 2.59. The van der Waals surface area contributed by atoms with Gasteiger partial charge in [0.25, 0.3) is 10.0 Å². The number of aromatic nitrogens is 1. The van der Waals surface area contributed by atoms with Crippen LogP contribution in [0.4, 0.5) is 0 Å². The lowest BCUT2D eigenvalue weighted by Gasteiger charge is -2.05. The van der Waals surface area contributed by atoms with Crippen LogP contribution in [0.3, 0.4) is 0 Å². The molecule has 6 nitrogen and oxygen atoms in total. The first-order valence-electron chi connectivity index (χ1n) is 8.27. The lowest BCUT2D eigenvalue weighted by molar-refractivity contribution is 0.414. The smallest absolute Gasteiger partial charge is 0.263 e. The maximum atomic E-state index is 12.2. The molecule has 1 N–H and O–H groups in total. The fourth-order valence-electron chi connectivity index (χ4n) is 2.84. The van der Waals surface area contributed by atoms with Crippen LogP contribution in [-0.4, -0.2) is 32.9 Å². The average molecular weight is 438 g/mol. The number of nitrogens with one attached hydrogen (secondary N) is 1. The Labute approximate surface area is 161 Å². The number of fused-ring (bicyclic) bond motifs is 1. The number of sulfonamides is 1. The monoisotopic (exact) mass is 437 g/mol. The normalized spacial score (nSPS) is 16.3. The molecule has 138 valence electrons. The third kappa shape index (κ3) is 4.07. The summed E-state index contributed by atoms with van der Waals surface area (Å²) in [5.41, 5.74) is 2.81. The number of benzene rings is 1. The fourth-order valence-corrected chi connectivity index (χ4v) is 4.51. The zero-order chi connectivity index (χ0) is 18.7. The van der Waals surface area contributed by atoms with E-state index >= 15 is 0 Å². The van der Waals surface area contributed by atoms with Crippen LogP contribution in [0.15, 0.2) is 44.8 Å². The van der Waals surface area contributed by atoms with Gasteiger partial charge in [-0.25, -0.2) is 8.42 Å². The summed E-state index contributed by atoms with van der Waals surface area (Å²) in [7, 11) is -1.98. The molecule has 0 amide bonds. The van der Waals surface area contributed by atoms with Crippen molar-refractivity contribution in [1.29, 1.82) is 0 Å². The standard InChI is InChI=1S/C18H20BrN3O3S/c1-12-9-13(19)11-21-16(12)5-3-4-8-20-18-15-10-14(25-2)6-7-17(15)26(23,24)22-18/h6-7,9-11H,3-5,8H2,1-2H3,(H,20,22). The number of halogens is 1. The van der Waals surface area contributed by atoms with Gasteiger partial charge in [0, 0.05) is 28.5 Å². The summed E-state index contributed by atoms with van der Waals surface area (Å²) >= 11 is 3.41. The van der Waals surface area contributed by atoms with E-state index < -0.39 is 10.0 Å². The van der Waals surface area contributed by atoms with E-state index in [2.05, 4.69) is 36.7 Å². The largest absolute Gasteiger partial charge is 0.497 e. The summed E-state index contributed by atoms with van der Waals surface area (Å²) in [6, 6.07) is 6.93. The van der Waals surface area contributed by atoms with Gasteiger partial charge in [0.2, 0.25) is 0 Å². The second-order valence-electron chi connectivity index (χ2n) is 6.07. The van der Waals surface area contributed by atoms with E-state index in [1.54, 1.807) is 31.5 Å². The number of amidine groups is 1. The van der Waals surface area contributed by atoms with Gasteiger partial charge in [-0.1, -0.05) is 0 Å². The Morgan fingerprint density at radius 1 is 1.27 bits per heavy atom. The Hall–Kier alpha value is -1.93. The van der Waals surface area contributed by atoms with Gasteiger partial charge in [-0.2, -0.15) is 0 Å². The molecule has 1 aromatic carbocycles. The quantitative estimate of drug-likeness (QED) is 0.703. The molecular weight excluding hydrogens is 418 g/mol. The van der Waals surface area contributed by atoms with Crippen LogP contribution < -0.4 is 9.46 Å². The Morgan fingerprint density at radius 3 is 2.81 bits per heavy atom. The fraction of sp³-hybridized carbons (Fsp3) is 0.333. The number of rotatable bonds is 6. The van der Waals surface area contributed by atoms with Crippen LogP contribution in [0, 0.1) is 6.92 Å². The van der Waals surface area contributed by atoms with Gasteiger partial charge in [-0.05, 0) is 71.9 Å². The molecule has 1 aliphatic heterocycles. The van der Waals surface area contributed by atoms with Crippen LogP contribution in [0.2, 0.25) is 0 Å². The summed E-state index contributed by atoms with van der Waals surface area (Å²) in [4.78, 5) is 9.12. The molecule has 26 heavy (non-hydrogen) atoms. The molecule has 3 rings (SSSR count). The maximum absolute atomic E-state index is 12.2. The third-order valence-electron chi connectivity index (χ3n) is 4.21. The summed E-state index contributed by atoms with van der Waals surface area (Å²) < 4.78 is 33.0. The van der Waals surface area contributed by atoms with Crippen LogP contribution in [0.25, 0.3) is 0 Å². The number of hydrogen-bond acceptors (Lipinski definition) is 5. The van der Waals surface area contributed by atoms with Gasteiger partial charge in [0.05, 0.1) is 12.0 Å². The van der Waals surface area contributed by atoms with Crippen molar-refractivity contribution in [2.24, 2.45) is 4.99 Å². The van der Waals surface area contributed by atoms with Crippen LogP contribution in [0.5, 0.6) is 5.75 Å². The van der Waals surface area contributed by atoms with E-state index in [4.69, 9.17) is 4.74 Å². The first kappa shape index (κ1) is 18.8. The zero-order valence-corrected chi connectivity index (χ0v) is 17.0. The lowest BCUT2D eigenvalue weighted by atomic mass is 10.1. The van der Waals surface area contributed by atoms with Gasteiger partial charge >= 0.3 is 0 Å². The minimum atomic E-state index is -3.53. The number of aryl methyl sites for hydroxylation is 2. The molecule has 0 saturated heterocycles. The van der Waals surface area contributed by atoms with Crippen molar-refractivity contribution >= 4 is 31.8 Å². The summed E-state index contributed by atoms with van der Waals surface area (Å²) in [5.74, 6) is 0.990. The minimum Gasteiger partial charge on any atom is -0.497 e. The van der Waals surface area contributed by atoms with E-state index in [0.717, 1.165) is 35.0 Å². The van der Waals surface area contributed by atoms with E-state index in [0.29, 0.717) is 23.7 Å². The molecule has 0 spiro atoms. The molecule has 2 heterocycles. The van der Waals surface area contributed by atoms with Crippen LogP contribution >= 0.6 is 15.9 Å². The van der Waals surface area contributed by atoms with Gasteiger partial charge in [-0.15, -0.1) is 0 Å². The van der Waals surface area contributed by atoms with Gasteiger partial charge in [-0.3, -0.25) is 14.7 Å². The molecule has 0 aliphatic carbocycles. The third-order valence-corrected chi connectivity index (χ3v) is 6.04. The van der Waals surface area contributed by atoms with Crippen molar-refractivity contribution in [2.75, 3.05) is 13.7 Å². The van der Waals surface area contributed by atoms with Gasteiger partial charge in [0.1, 0.15) is 11.6 Å². The van der Waals surface area contributed by atoms with Crippen molar-refractivity contribution < 1.29 is 13.2 Å². The van der Waals surface area contributed by atoms with E-state index in [1.807, 2.05) is 6.92 Å². The highest BCUT2D eigenvalue weighted by atomic mass is 79.9. The molecule has 0 atom stereocenters. The van der Waals surface area contributed by atoms with Crippen molar-refractivity contribution in [3.8, 4) is 5.75 Å². The second-order valence-corrected chi connectivity index (χ2v) is 8.64. The number of pyridine rings is 1. The maximum Gasteiger partial charge on any atom is 0.263 e. The predicted octanol–water partition coefficient (Wildman–Crippen LogP) is 3.22. The Balaban J connectivity index is 1.63. The van der Waals surface area contributed by atoms with E-state index in [-0.39, 0.29) is 4.90 Å². The highest BCUT2D eigenvalue weighted by Crippen LogP contribution is 2.27. The Bertz CT molecular complexity index is 958. The number of ether oxygens (including phenoxy) is 1. The molecular formula is C18H20BrN3O3S. The molecule has 0 radical (unpaired) electrons. The number of aliphatic imine (C=N–C) groups is 1. The second kappa shape index (κ2) is 7.75. The summed E-state index contributed by atoms with van der Waals surface area (Å²) in [6.07, 6.45) is 4.46. The average Bonchev–Trinajstić information content (AvgIpc) is 2.86. The number of nitrogens with zero attached hydrogens (tertiary/aromatic N) is 2. The van der Waals surface area contributed by atoms with Crippen molar-refractivity contribution in [3.63, 3.8) is 0 Å². The first-order chi connectivity index (χ1) is 12.4. The number of hydrogen-bond donors (Lipinski definition) is 1. The van der Waals surface area contributed by atoms with Gasteiger partial charge in [0.15, 0.2) is 0 Å². The molecule has 0 bridgehead atoms. The SMILES string of the molecule is COc1ccc2c(c1)C(=NCCCCc1ncc(Br)cc1C)NS2(=O)=O. The highest BCUT2D eigenvalue weighted by molar-refractivity contribution is 9.10. The predicted molar refractivity (Wildman–Crippen MR) is 104 cm³/mol. The Kier molecular flexibility index (Phi) is 5.62. The molecule has 0 unspecified atom stereocenters. The highest BCUT2D eigenvalue weighted by Gasteiger charge is 2.30. The minimum absolute atomic E-state index is 0.242. The number of methoxy groups -OCH3 is 1. The van der Waals surface area contributed by atoms with Crippen molar-refractivity contribution in [3.05, 3.63) is 51.8 Å². The molecule has 0 saturated carbocycles. The van der Waals surface area contributed by atoms with Gasteiger partial charge < -0.3 is 4.74 Å². The number of unbranched alkanes of at least 4 members (excludes halogenated alkanes) is 1. The van der Waals surface area contributed by atoms with Crippen LogP contribution in [0.1, 0.15) is 29.7 Å². The molecule has 0 fully saturated rings. The van der Waals surface area contributed by atoms with Crippen molar-refractivity contribution in [1.82, 2.24) is 9.71 Å². The molecule has 1 aliphatic rings. The van der Waals surface area contributed by atoms with Crippen LogP contribution in [-0.2, 0) is 16.4 Å². The topological polar surface area (TPSA) is 80.7 Å². The first-order valence-corrected chi connectivity index (χ1v) is 10.5. The molecule has 1 aromatic heterocycles. The Morgan fingerprint density at radius 2 is 2.08 bits per heavy atom. The lowest BCUT2D eigenvalue weighted by Crippen LogP contribution is -2.22. The van der Waals surface area contributed by atoms with E-state index in [1.165, 1.54) is 0 Å². The summed E-state index contributed by atoms with van der Waals surface area (Å²) in [5, 5.41) is 0. The molecule has 2 aromatic rings. The van der Waals surface area contributed by atoms with Crippen molar-refractivity contribution in [2.45, 2.75) is 31.1 Å².